The van der Waals surface area contributed by atoms with Gasteiger partial charge in [-0.05, 0) is 36.4 Å². The number of hydrogen-bond donors (Lipinski definition) is 3. The van der Waals surface area contributed by atoms with Gasteiger partial charge in [-0.25, -0.2) is 5.43 Å². The van der Waals surface area contributed by atoms with Gasteiger partial charge < -0.3 is 20.3 Å². The van der Waals surface area contributed by atoms with Crippen molar-refractivity contribution < 1.29 is 19.4 Å². The largest absolute Gasteiger partial charge is 0.502 e. The lowest BCUT2D eigenvalue weighted by molar-refractivity contribution is 0.0955. The summed E-state index contributed by atoms with van der Waals surface area (Å²) in [4.78, 5) is 11.9. The second kappa shape index (κ2) is 7.17. The zero-order valence-electron chi connectivity index (χ0n) is 12.7. The van der Waals surface area contributed by atoms with E-state index in [9.17, 15) is 9.90 Å². The van der Waals surface area contributed by atoms with Crippen LogP contribution in [0.5, 0.6) is 17.2 Å². The van der Waals surface area contributed by atoms with Crippen molar-refractivity contribution in [3.8, 4) is 17.2 Å². The standard InChI is InChI=1S/C16H17N3O4/c1-22-13-7-10(8-14(23-2)15(13)20)9-18-19-16(21)11-3-5-12(17)6-4-11/h3-9,20H,17H2,1-2H3,(H,19,21). The summed E-state index contributed by atoms with van der Waals surface area (Å²) in [5.74, 6) is 0.0309. The van der Waals surface area contributed by atoms with E-state index in [2.05, 4.69) is 10.5 Å². The normalized spacial score (nSPS) is 10.5. The van der Waals surface area contributed by atoms with Crippen LogP contribution in [0, 0.1) is 0 Å². The van der Waals surface area contributed by atoms with Gasteiger partial charge in [0.1, 0.15) is 0 Å². The first-order valence-corrected chi connectivity index (χ1v) is 6.69. The zero-order chi connectivity index (χ0) is 16.8. The average Bonchev–Trinajstić information content (AvgIpc) is 2.56. The van der Waals surface area contributed by atoms with E-state index in [-0.39, 0.29) is 23.2 Å². The molecule has 0 unspecified atom stereocenters. The van der Waals surface area contributed by atoms with Gasteiger partial charge in [-0.1, -0.05) is 0 Å². The van der Waals surface area contributed by atoms with Crippen LogP contribution in [0.2, 0.25) is 0 Å². The molecule has 7 nitrogen and oxygen atoms in total. The molecular formula is C16H17N3O4. The first-order valence-electron chi connectivity index (χ1n) is 6.69. The molecule has 2 aromatic carbocycles. The van der Waals surface area contributed by atoms with Crippen LogP contribution in [-0.4, -0.2) is 31.4 Å². The number of methoxy groups -OCH3 is 2. The third-order valence-corrected chi connectivity index (χ3v) is 3.05. The molecule has 120 valence electrons. The average molecular weight is 315 g/mol. The van der Waals surface area contributed by atoms with Crippen LogP contribution in [-0.2, 0) is 0 Å². The summed E-state index contributed by atoms with van der Waals surface area (Å²) in [5, 5.41) is 13.7. The smallest absolute Gasteiger partial charge is 0.271 e. The monoisotopic (exact) mass is 315 g/mol. The van der Waals surface area contributed by atoms with Gasteiger partial charge in [0.05, 0.1) is 20.4 Å². The predicted molar refractivity (Wildman–Crippen MR) is 87.1 cm³/mol. The third-order valence-electron chi connectivity index (χ3n) is 3.05. The molecule has 0 fully saturated rings. The number of hydrogen-bond acceptors (Lipinski definition) is 6. The molecule has 0 aliphatic carbocycles. The molecule has 0 aliphatic heterocycles. The fourth-order valence-electron chi connectivity index (χ4n) is 1.85. The highest BCUT2D eigenvalue weighted by atomic mass is 16.5. The maximum Gasteiger partial charge on any atom is 0.271 e. The second-order valence-corrected chi connectivity index (χ2v) is 4.60. The fourth-order valence-corrected chi connectivity index (χ4v) is 1.85. The lowest BCUT2D eigenvalue weighted by atomic mass is 10.2. The summed E-state index contributed by atoms with van der Waals surface area (Å²) in [6, 6.07) is 9.61. The number of amides is 1. The molecule has 0 spiro atoms. The molecule has 0 atom stereocenters. The summed E-state index contributed by atoms with van der Waals surface area (Å²) in [7, 11) is 2.86. The molecule has 0 bridgehead atoms. The Hall–Kier alpha value is -3.22. The number of phenols is 1. The number of nitrogens with one attached hydrogen (secondary N) is 1. The van der Waals surface area contributed by atoms with Gasteiger partial charge >= 0.3 is 0 Å². The topological polar surface area (TPSA) is 106 Å². The van der Waals surface area contributed by atoms with Gasteiger partial charge in [-0.3, -0.25) is 4.79 Å². The highest BCUT2D eigenvalue weighted by molar-refractivity contribution is 5.95. The molecule has 0 aliphatic rings. The van der Waals surface area contributed by atoms with E-state index in [0.717, 1.165) is 0 Å². The van der Waals surface area contributed by atoms with Crippen LogP contribution in [0.15, 0.2) is 41.5 Å². The minimum Gasteiger partial charge on any atom is -0.502 e. The van der Waals surface area contributed by atoms with E-state index in [1.807, 2.05) is 0 Å². The Morgan fingerprint density at radius 3 is 2.26 bits per heavy atom. The molecule has 0 saturated carbocycles. The number of carbonyl (C=O) groups is 1. The molecule has 0 heterocycles. The molecule has 7 heteroatoms. The Kier molecular flexibility index (Phi) is 5.03. The lowest BCUT2D eigenvalue weighted by Crippen LogP contribution is -2.17. The molecule has 1 amide bonds. The van der Waals surface area contributed by atoms with Crippen LogP contribution in [0.3, 0.4) is 0 Å². The molecule has 0 aromatic heterocycles. The highest BCUT2D eigenvalue weighted by Gasteiger charge is 2.10. The van der Waals surface area contributed by atoms with Crippen molar-refractivity contribution in [2.24, 2.45) is 5.10 Å². The van der Waals surface area contributed by atoms with Gasteiger partial charge in [0.25, 0.3) is 5.91 Å². The third kappa shape index (κ3) is 3.91. The molecule has 2 aromatic rings. The Labute approximate surface area is 133 Å². The minimum absolute atomic E-state index is 0.0990. The van der Waals surface area contributed by atoms with Crippen molar-refractivity contribution >= 4 is 17.8 Å². The molecule has 4 N–H and O–H groups in total. The predicted octanol–water partition coefficient (Wildman–Crippen LogP) is 1.76. The van der Waals surface area contributed by atoms with Gasteiger partial charge in [0.15, 0.2) is 11.5 Å². The van der Waals surface area contributed by atoms with Crippen LogP contribution in [0.4, 0.5) is 5.69 Å². The van der Waals surface area contributed by atoms with E-state index < -0.39 is 0 Å². The van der Waals surface area contributed by atoms with Crippen molar-refractivity contribution in [3.05, 3.63) is 47.5 Å². The van der Waals surface area contributed by atoms with E-state index in [1.165, 1.54) is 20.4 Å². The first kappa shape index (κ1) is 16.2. The SMILES string of the molecule is COc1cc(C=NNC(=O)c2ccc(N)cc2)cc(OC)c1O. The lowest BCUT2D eigenvalue weighted by Gasteiger charge is -2.09. The summed E-state index contributed by atoms with van der Waals surface area (Å²) in [5.41, 5.74) is 9.58. The van der Waals surface area contributed by atoms with E-state index in [0.29, 0.717) is 16.8 Å². The number of anilines is 1. The summed E-state index contributed by atoms with van der Waals surface area (Å²) in [6.45, 7) is 0. The second-order valence-electron chi connectivity index (χ2n) is 4.60. The van der Waals surface area contributed by atoms with Crippen LogP contribution < -0.4 is 20.6 Å². The Morgan fingerprint density at radius 1 is 1.17 bits per heavy atom. The summed E-state index contributed by atoms with van der Waals surface area (Å²) < 4.78 is 10.1. The number of phenolic OH excluding ortho intramolecular Hbond substituents is 1. The molecule has 0 saturated heterocycles. The number of carbonyl (C=O) groups excluding carboxylic acids is 1. The molecule has 0 radical (unpaired) electrons. The number of nitrogen functional groups attached to an aromatic ring is 1. The number of ether oxygens (including phenoxy) is 2. The van der Waals surface area contributed by atoms with Crippen molar-refractivity contribution in [2.75, 3.05) is 20.0 Å². The van der Waals surface area contributed by atoms with Gasteiger partial charge in [0.2, 0.25) is 5.75 Å². The van der Waals surface area contributed by atoms with E-state index in [1.54, 1.807) is 36.4 Å². The minimum atomic E-state index is -0.362. The summed E-state index contributed by atoms with van der Waals surface area (Å²) in [6.07, 6.45) is 1.42. The van der Waals surface area contributed by atoms with Crippen molar-refractivity contribution in [3.63, 3.8) is 0 Å². The van der Waals surface area contributed by atoms with Gasteiger partial charge in [0, 0.05) is 16.8 Å². The number of aromatic hydroxyl groups is 1. The zero-order valence-corrected chi connectivity index (χ0v) is 12.7. The number of benzene rings is 2. The van der Waals surface area contributed by atoms with Gasteiger partial charge in [-0.2, -0.15) is 5.10 Å². The number of nitrogens with zero attached hydrogens (tertiary/aromatic N) is 1. The van der Waals surface area contributed by atoms with Crippen LogP contribution in [0.1, 0.15) is 15.9 Å². The number of nitrogens with two attached hydrogens (primary N) is 1. The summed E-state index contributed by atoms with van der Waals surface area (Å²) >= 11 is 0. The number of hydrazone groups is 1. The molecular weight excluding hydrogens is 298 g/mol. The quantitative estimate of drug-likeness (QED) is 0.443. The highest BCUT2D eigenvalue weighted by Crippen LogP contribution is 2.36. The van der Waals surface area contributed by atoms with Crippen LogP contribution in [0.25, 0.3) is 0 Å². The van der Waals surface area contributed by atoms with Crippen LogP contribution >= 0.6 is 0 Å². The molecule has 23 heavy (non-hydrogen) atoms. The Bertz CT molecular complexity index is 702. The Morgan fingerprint density at radius 2 is 1.74 bits per heavy atom. The molecule has 2 rings (SSSR count). The van der Waals surface area contributed by atoms with E-state index in [4.69, 9.17) is 15.2 Å². The van der Waals surface area contributed by atoms with Crippen molar-refractivity contribution in [1.82, 2.24) is 5.43 Å². The van der Waals surface area contributed by atoms with Gasteiger partial charge in [-0.15, -0.1) is 0 Å². The number of rotatable bonds is 5. The Balaban J connectivity index is 2.11. The fraction of sp³-hybridized carbons (Fsp3) is 0.125. The first-order chi connectivity index (χ1) is 11.0. The van der Waals surface area contributed by atoms with Crippen molar-refractivity contribution in [1.29, 1.82) is 0 Å². The van der Waals surface area contributed by atoms with Crippen molar-refractivity contribution in [2.45, 2.75) is 0 Å². The van der Waals surface area contributed by atoms with E-state index >= 15 is 0 Å². The maximum absolute atomic E-state index is 11.9. The maximum atomic E-state index is 11.9.